The highest BCUT2D eigenvalue weighted by Crippen LogP contribution is 2.45. The number of carbonyl (C=O) groups is 4. The first kappa shape index (κ1) is 89.1. The van der Waals surface area contributed by atoms with Gasteiger partial charge in [-0.1, -0.05) is 318 Å². The maximum Gasteiger partial charge on any atom is 0.472 e. The summed E-state index contributed by atoms with van der Waals surface area (Å²) >= 11 is 0. The third kappa shape index (κ3) is 66.5. The Kier molecular flexibility index (Phi) is 62.7. The van der Waals surface area contributed by atoms with Gasteiger partial charge in [-0.25, -0.2) is 9.13 Å². The Morgan fingerprint density at radius 1 is 0.297 bits per heavy atom. The van der Waals surface area contributed by atoms with Crippen LogP contribution in [0, 0.1) is 11.8 Å². The molecule has 0 aromatic heterocycles. The topological polar surface area (TPSA) is 237 Å². The molecule has 0 saturated carbocycles. The predicted octanol–water partition coefficient (Wildman–Crippen LogP) is 20.8. The first-order chi connectivity index (χ1) is 43.9. The van der Waals surface area contributed by atoms with E-state index in [0.717, 1.165) is 108 Å². The van der Waals surface area contributed by atoms with Gasteiger partial charge in [0.15, 0.2) is 12.2 Å². The Morgan fingerprint density at radius 2 is 0.505 bits per heavy atom. The molecule has 0 radical (unpaired) electrons. The minimum Gasteiger partial charge on any atom is -0.462 e. The molecule has 2 unspecified atom stereocenters. The molecule has 0 aliphatic heterocycles. The van der Waals surface area contributed by atoms with Crippen LogP contribution in [-0.4, -0.2) is 96.7 Å². The number of esters is 4. The SMILES string of the molecule is CCCCCCCCCCCC(=O)O[C@H](COC(=O)CCCCCCCCCC)COP(=O)(O)OC[C@H](O)COP(=O)(O)OC[C@@H](COC(=O)CCCCCCCCCCCCCCCC(C)C)OC(=O)CCCCCCCCCCCCCCCCCC(C)C. The van der Waals surface area contributed by atoms with Crippen molar-refractivity contribution in [3.05, 3.63) is 0 Å². The van der Waals surface area contributed by atoms with E-state index < -0.39 is 97.5 Å². The molecule has 5 atom stereocenters. The maximum absolute atomic E-state index is 13.0. The average Bonchev–Trinajstić information content (AvgIpc) is 3.20. The summed E-state index contributed by atoms with van der Waals surface area (Å²) in [5, 5.41) is 10.6. The van der Waals surface area contributed by atoms with Crippen molar-refractivity contribution in [2.24, 2.45) is 11.8 Å². The Morgan fingerprint density at radius 3 is 0.747 bits per heavy atom. The second-order valence-electron chi connectivity index (χ2n) is 26.9. The summed E-state index contributed by atoms with van der Waals surface area (Å²) in [7, 11) is -9.90. The van der Waals surface area contributed by atoms with Crippen molar-refractivity contribution < 1.29 is 80.2 Å². The lowest BCUT2D eigenvalue weighted by Gasteiger charge is -2.21. The van der Waals surface area contributed by atoms with Crippen LogP contribution in [0.5, 0.6) is 0 Å². The van der Waals surface area contributed by atoms with Crippen molar-refractivity contribution in [3.63, 3.8) is 0 Å². The predicted molar refractivity (Wildman–Crippen MR) is 368 cm³/mol. The number of aliphatic hydroxyl groups excluding tert-OH is 1. The molecule has 0 spiro atoms. The number of unbranched alkanes of at least 4 members (excludes halogenated alkanes) is 41. The molecule has 17 nitrogen and oxygen atoms in total. The fraction of sp³-hybridized carbons (Fsp3) is 0.944. The second kappa shape index (κ2) is 64.1. The fourth-order valence-electron chi connectivity index (χ4n) is 10.9. The van der Waals surface area contributed by atoms with Crippen LogP contribution >= 0.6 is 15.6 Å². The van der Waals surface area contributed by atoms with Crippen molar-refractivity contribution in [1.29, 1.82) is 0 Å². The summed E-state index contributed by atoms with van der Waals surface area (Å²) in [5.41, 5.74) is 0. The van der Waals surface area contributed by atoms with Crippen LogP contribution in [-0.2, 0) is 65.4 Å². The second-order valence-corrected chi connectivity index (χ2v) is 29.8. The van der Waals surface area contributed by atoms with E-state index in [1.54, 1.807) is 0 Å². The van der Waals surface area contributed by atoms with Crippen molar-refractivity contribution in [1.82, 2.24) is 0 Å². The van der Waals surface area contributed by atoms with E-state index in [1.165, 1.54) is 180 Å². The van der Waals surface area contributed by atoms with Crippen LogP contribution < -0.4 is 0 Å². The number of phosphoric acid groups is 2. The van der Waals surface area contributed by atoms with Gasteiger partial charge in [-0.15, -0.1) is 0 Å². The molecule has 0 aliphatic carbocycles. The molecule has 0 rings (SSSR count). The molecule has 0 heterocycles. The largest absolute Gasteiger partial charge is 0.472 e. The van der Waals surface area contributed by atoms with Crippen molar-refractivity contribution in [2.45, 2.75) is 387 Å². The highest BCUT2D eigenvalue weighted by molar-refractivity contribution is 7.47. The van der Waals surface area contributed by atoms with Gasteiger partial charge < -0.3 is 33.8 Å². The molecular formula is C72H140O17P2. The molecule has 91 heavy (non-hydrogen) atoms. The van der Waals surface area contributed by atoms with E-state index in [9.17, 15) is 43.2 Å². The zero-order chi connectivity index (χ0) is 67.2. The minimum atomic E-state index is -4.95. The van der Waals surface area contributed by atoms with Crippen LogP contribution in [0.4, 0.5) is 0 Å². The molecule has 0 aromatic rings. The molecule has 19 heteroatoms. The summed E-state index contributed by atoms with van der Waals surface area (Å²) in [5.74, 6) is -0.531. The third-order valence-corrected chi connectivity index (χ3v) is 18.6. The quantitative estimate of drug-likeness (QED) is 0.0222. The van der Waals surface area contributed by atoms with Gasteiger partial charge >= 0.3 is 39.5 Å². The highest BCUT2D eigenvalue weighted by Gasteiger charge is 2.30. The maximum atomic E-state index is 13.0. The lowest BCUT2D eigenvalue weighted by atomic mass is 10.0. The van der Waals surface area contributed by atoms with Gasteiger partial charge in [0.2, 0.25) is 0 Å². The van der Waals surface area contributed by atoms with Crippen LogP contribution in [0.15, 0.2) is 0 Å². The standard InChI is InChI=1S/C72H140O17P2/c1-7-9-11-13-15-29-38-44-50-56-71(76)88-67(60-82-69(74)54-48-42-36-16-14-12-10-8-2)62-86-90(78,79)84-58-66(73)59-85-91(80,81)87-63-68(61-83-70(75)55-49-43-37-32-27-24-20-22-26-31-35-41-47-53-65(5)6)89-72(77)57-51-45-39-33-28-23-19-17-18-21-25-30-34-40-46-52-64(3)4/h64-68,73H,7-63H2,1-6H3,(H,78,79)(H,80,81)/t66-,67+,68+/m0/s1. The summed E-state index contributed by atoms with van der Waals surface area (Å²) in [4.78, 5) is 72.5. The molecule has 0 amide bonds. The van der Waals surface area contributed by atoms with Gasteiger partial charge in [0.1, 0.15) is 19.3 Å². The normalized spacial score (nSPS) is 14.1. The minimum absolute atomic E-state index is 0.106. The smallest absolute Gasteiger partial charge is 0.462 e. The molecule has 0 fully saturated rings. The van der Waals surface area contributed by atoms with Gasteiger partial charge in [0, 0.05) is 25.7 Å². The number of hydrogen-bond acceptors (Lipinski definition) is 15. The lowest BCUT2D eigenvalue weighted by Crippen LogP contribution is -2.30. The number of rotatable bonds is 71. The fourth-order valence-corrected chi connectivity index (χ4v) is 12.5. The van der Waals surface area contributed by atoms with Crippen molar-refractivity contribution >= 4 is 39.5 Å². The van der Waals surface area contributed by atoms with Crippen LogP contribution in [0.25, 0.3) is 0 Å². The lowest BCUT2D eigenvalue weighted by molar-refractivity contribution is -0.161. The van der Waals surface area contributed by atoms with Crippen molar-refractivity contribution in [2.75, 3.05) is 39.6 Å². The number of hydrogen-bond donors (Lipinski definition) is 3. The van der Waals surface area contributed by atoms with Crippen LogP contribution in [0.1, 0.15) is 369 Å². The van der Waals surface area contributed by atoms with Gasteiger partial charge in [-0.05, 0) is 37.5 Å². The zero-order valence-corrected chi connectivity index (χ0v) is 60.9. The zero-order valence-electron chi connectivity index (χ0n) is 59.1. The van der Waals surface area contributed by atoms with Gasteiger partial charge in [0.25, 0.3) is 0 Å². The molecule has 3 N–H and O–H groups in total. The van der Waals surface area contributed by atoms with E-state index >= 15 is 0 Å². The van der Waals surface area contributed by atoms with Crippen LogP contribution in [0.2, 0.25) is 0 Å². The summed E-state index contributed by atoms with van der Waals surface area (Å²) in [6.07, 6.45) is 50.0. The summed E-state index contributed by atoms with van der Waals surface area (Å²) in [6.45, 7) is 9.57. The molecule has 0 bridgehead atoms. The van der Waals surface area contributed by atoms with Gasteiger partial charge in [-0.3, -0.25) is 37.3 Å². The Bertz CT molecular complexity index is 1770. The van der Waals surface area contributed by atoms with E-state index in [4.69, 9.17) is 37.0 Å². The summed E-state index contributed by atoms with van der Waals surface area (Å²) in [6, 6.07) is 0. The third-order valence-electron chi connectivity index (χ3n) is 16.7. The van der Waals surface area contributed by atoms with Crippen LogP contribution in [0.3, 0.4) is 0 Å². The molecule has 540 valence electrons. The Balaban J connectivity index is 5.19. The molecular weight excluding hydrogens is 1200 g/mol. The number of aliphatic hydroxyl groups is 1. The summed E-state index contributed by atoms with van der Waals surface area (Å²) < 4.78 is 68.2. The van der Waals surface area contributed by atoms with Crippen molar-refractivity contribution in [3.8, 4) is 0 Å². The van der Waals surface area contributed by atoms with Gasteiger partial charge in [0.05, 0.1) is 26.4 Å². The first-order valence-corrected chi connectivity index (χ1v) is 40.5. The number of ether oxygens (including phenoxy) is 4. The van der Waals surface area contributed by atoms with E-state index in [2.05, 4.69) is 41.5 Å². The van der Waals surface area contributed by atoms with E-state index in [1.807, 2.05) is 0 Å². The highest BCUT2D eigenvalue weighted by atomic mass is 31.2. The number of phosphoric ester groups is 2. The Labute approximate surface area is 556 Å². The average molecular weight is 1340 g/mol. The molecule has 0 aliphatic rings. The Hall–Kier alpha value is -1.94. The monoisotopic (exact) mass is 1340 g/mol. The van der Waals surface area contributed by atoms with E-state index in [0.29, 0.717) is 25.7 Å². The molecule has 0 aromatic carbocycles. The number of carbonyl (C=O) groups excluding carboxylic acids is 4. The van der Waals surface area contributed by atoms with E-state index in [-0.39, 0.29) is 25.7 Å². The van der Waals surface area contributed by atoms with Gasteiger partial charge in [-0.2, -0.15) is 0 Å². The molecule has 0 saturated heterocycles. The first-order valence-electron chi connectivity index (χ1n) is 37.5.